The van der Waals surface area contributed by atoms with Gasteiger partial charge in [-0.25, -0.2) is 0 Å². The summed E-state index contributed by atoms with van der Waals surface area (Å²) in [6.45, 7) is 1.06. The van der Waals surface area contributed by atoms with Gasteiger partial charge in [0.05, 0.1) is 12.6 Å². The fourth-order valence-corrected chi connectivity index (χ4v) is 3.10. The van der Waals surface area contributed by atoms with Gasteiger partial charge in [-0.1, -0.05) is 12.1 Å². The Hall–Kier alpha value is -1.70. The SMILES string of the molecule is C[NH+](CC(=O)NNC(=O)c1ccccc1Br)Cc1ccsc1. The average molecular weight is 383 g/mol. The molecule has 116 valence electrons. The molecule has 7 heteroatoms. The molecule has 2 amide bonds. The van der Waals surface area contributed by atoms with Crippen molar-refractivity contribution in [3.8, 4) is 0 Å². The number of hydrogen-bond donors (Lipinski definition) is 3. The number of rotatable bonds is 5. The topological polar surface area (TPSA) is 62.6 Å². The minimum absolute atomic E-state index is 0.229. The smallest absolute Gasteiger partial charge is 0.293 e. The first-order valence-electron chi connectivity index (χ1n) is 6.72. The second-order valence-corrected chi connectivity index (χ2v) is 6.56. The lowest BCUT2D eigenvalue weighted by molar-refractivity contribution is -0.885. The normalized spacial score (nSPS) is 11.7. The van der Waals surface area contributed by atoms with E-state index in [-0.39, 0.29) is 18.4 Å². The van der Waals surface area contributed by atoms with Gasteiger partial charge in [0, 0.05) is 10.0 Å². The van der Waals surface area contributed by atoms with Gasteiger partial charge < -0.3 is 4.90 Å². The molecule has 22 heavy (non-hydrogen) atoms. The van der Waals surface area contributed by atoms with E-state index >= 15 is 0 Å². The summed E-state index contributed by atoms with van der Waals surface area (Å²) in [6, 6.07) is 9.08. The summed E-state index contributed by atoms with van der Waals surface area (Å²) in [5, 5.41) is 4.08. The summed E-state index contributed by atoms with van der Waals surface area (Å²) in [4.78, 5) is 24.8. The summed E-state index contributed by atoms with van der Waals surface area (Å²) in [5.74, 6) is -0.579. The zero-order valence-corrected chi connectivity index (χ0v) is 14.5. The van der Waals surface area contributed by atoms with Crippen molar-refractivity contribution in [2.45, 2.75) is 6.54 Å². The maximum absolute atomic E-state index is 12.0. The van der Waals surface area contributed by atoms with Gasteiger partial charge in [0.1, 0.15) is 6.54 Å². The summed E-state index contributed by atoms with van der Waals surface area (Å²) in [5.41, 5.74) is 6.54. The molecular weight excluding hydrogens is 366 g/mol. The predicted octanol–water partition coefficient (Wildman–Crippen LogP) is 0.987. The molecule has 1 unspecified atom stereocenters. The van der Waals surface area contributed by atoms with E-state index < -0.39 is 0 Å². The number of nitrogens with one attached hydrogen (secondary N) is 3. The van der Waals surface area contributed by atoms with E-state index in [4.69, 9.17) is 0 Å². The second kappa shape index (κ2) is 8.07. The molecule has 0 spiro atoms. The Morgan fingerprint density at radius 1 is 1.23 bits per heavy atom. The van der Waals surface area contributed by atoms with Crippen molar-refractivity contribution in [2.24, 2.45) is 0 Å². The first-order valence-corrected chi connectivity index (χ1v) is 8.46. The van der Waals surface area contributed by atoms with E-state index in [2.05, 4.69) is 32.2 Å². The minimum Gasteiger partial charge on any atom is -0.326 e. The van der Waals surface area contributed by atoms with Crippen LogP contribution in [0.1, 0.15) is 15.9 Å². The summed E-state index contributed by atoms with van der Waals surface area (Å²) >= 11 is 4.94. The van der Waals surface area contributed by atoms with Crippen LogP contribution in [-0.4, -0.2) is 25.4 Å². The number of amides is 2. The van der Waals surface area contributed by atoms with Crippen LogP contribution in [0, 0.1) is 0 Å². The van der Waals surface area contributed by atoms with E-state index in [1.807, 2.05) is 24.6 Å². The number of carbonyl (C=O) groups is 2. The van der Waals surface area contributed by atoms with Gasteiger partial charge in [0.25, 0.3) is 11.8 Å². The lowest BCUT2D eigenvalue weighted by Gasteiger charge is -2.13. The highest BCUT2D eigenvalue weighted by Crippen LogP contribution is 2.14. The van der Waals surface area contributed by atoms with Gasteiger partial charge in [-0.2, -0.15) is 11.3 Å². The highest BCUT2D eigenvalue weighted by molar-refractivity contribution is 9.10. The van der Waals surface area contributed by atoms with Gasteiger partial charge in [-0.3, -0.25) is 20.4 Å². The summed E-state index contributed by atoms with van der Waals surface area (Å²) in [7, 11) is 1.94. The summed E-state index contributed by atoms with van der Waals surface area (Å²) in [6.07, 6.45) is 0. The second-order valence-electron chi connectivity index (χ2n) is 4.92. The molecule has 1 atom stereocenters. The Kier molecular flexibility index (Phi) is 6.11. The Labute approximate surface area is 141 Å². The quantitative estimate of drug-likeness (QED) is 0.675. The average Bonchev–Trinajstić information content (AvgIpc) is 2.98. The standard InChI is InChI=1S/C15H16BrN3O2S/c1-19(8-11-6-7-22-10-11)9-14(20)17-18-15(21)12-4-2-3-5-13(12)16/h2-7,10H,8-9H2,1H3,(H,17,20)(H,18,21)/p+1. The van der Waals surface area contributed by atoms with Crippen LogP contribution >= 0.6 is 27.3 Å². The molecular formula is C15H17BrN3O2S+. The van der Waals surface area contributed by atoms with Crippen molar-refractivity contribution >= 4 is 39.1 Å². The minimum atomic E-state index is -0.351. The molecule has 1 heterocycles. The zero-order chi connectivity index (χ0) is 15.9. The van der Waals surface area contributed by atoms with Crippen molar-refractivity contribution in [1.82, 2.24) is 10.9 Å². The van der Waals surface area contributed by atoms with Crippen LogP contribution in [0.5, 0.6) is 0 Å². The van der Waals surface area contributed by atoms with E-state index in [1.165, 1.54) is 5.56 Å². The van der Waals surface area contributed by atoms with E-state index in [0.717, 1.165) is 11.4 Å². The molecule has 0 aliphatic rings. The lowest BCUT2D eigenvalue weighted by atomic mass is 10.2. The highest BCUT2D eigenvalue weighted by Gasteiger charge is 2.13. The molecule has 0 fully saturated rings. The number of quaternary nitrogens is 1. The first kappa shape index (κ1) is 16.7. The van der Waals surface area contributed by atoms with Gasteiger partial charge >= 0.3 is 0 Å². The fraction of sp³-hybridized carbons (Fsp3) is 0.200. The third kappa shape index (κ3) is 4.94. The molecule has 1 aromatic carbocycles. The third-order valence-electron chi connectivity index (χ3n) is 2.98. The molecule has 0 aliphatic carbocycles. The van der Waals surface area contributed by atoms with E-state index in [9.17, 15) is 9.59 Å². The summed E-state index contributed by atoms with van der Waals surface area (Å²) < 4.78 is 0.682. The number of carbonyl (C=O) groups excluding carboxylic acids is 2. The third-order valence-corrected chi connectivity index (χ3v) is 4.41. The van der Waals surface area contributed by atoms with Crippen LogP contribution in [0.25, 0.3) is 0 Å². The monoisotopic (exact) mass is 382 g/mol. The molecule has 0 bridgehead atoms. The van der Waals surface area contributed by atoms with Crippen molar-refractivity contribution < 1.29 is 14.5 Å². The van der Waals surface area contributed by atoms with E-state index in [0.29, 0.717) is 10.0 Å². The number of hydrogen-bond acceptors (Lipinski definition) is 3. The zero-order valence-electron chi connectivity index (χ0n) is 12.1. The van der Waals surface area contributed by atoms with Gasteiger partial charge in [0.15, 0.2) is 6.54 Å². The maximum Gasteiger partial charge on any atom is 0.293 e. The molecule has 0 aliphatic heterocycles. The first-order chi connectivity index (χ1) is 10.6. The molecule has 2 aromatic rings. The van der Waals surface area contributed by atoms with Crippen molar-refractivity contribution in [3.63, 3.8) is 0 Å². The molecule has 3 N–H and O–H groups in total. The van der Waals surface area contributed by atoms with E-state index in [1.54, 1.807) is 29.5 Å². The molecule has 2 rings (SSSR count). The van der Waals surface area contributed by atoms with Crippen LogP contribution in [0.15, 0.2) is 45.6 Å². The van der Waals surface area contributed by atoms with Crippen LogP contribution in [-0.2, 0) is 11.3 Å². The highest BCUT2D eigenvalue weighted by atomic mass is 79.9. The molecule has 1 aromatic heterocycles. The number of hydrazine groups is 1. The number of halogens is 1. The van der Waals surface area contributed by atoms with Crippen molar-refractivity contribution in [1.29, 1.82) is 0 Å². The van der Waals surface area contributed by atoms with Crippen LogP contribution < -0.4 is 15.8 Å². The number of thiophene rings is 1. The van der Waals surface area contributed by atoms with Crippen LogP contribution in [0.4, 0.5) is 0 Å². The van der Waals surface area contributed by atoms with Crippen LogP contribution in [0.3, 0.4) is 0 Å². The molecule has 0 saturated carbocycles. The maximum atomic E-state index is 12.0. The van der Waals surface area contributed by atoms with Crippen molar-refractivity contribution in [3.05, 3.63) is 56.7 Å². The van der Waals surface area contributed by atoms with Crippen molar-refractivity contribution in [2.75, 3.05) is 13.6 Å². The Balaban J connectivity index is 1.78. The molecule has 0 saturated heterocycles. The van der Waals surface area contributed by atoms with Crippen LogP contribution in [0.2, 0.25) is 0 Å². The number of likely N-dealkylation sites (N-methyl/N-ethyl adjacent to an activating group) is 1. The van der Waals surface area contributed by atoms with Gasteiger partial charge in [-0.15, -0.1) is 0 Å². The molecule has 5 nitrogen and oxygen atoms in total. The van der Waals surface area contributed by atoms with Gasteiger partial charge in [0.2, 0.25) is 0 Å². The Morgan fingerprint density at radius 3 is 2.68 bits per heavy atom. The number of benzene rings is 1. The Bertz CT molecular complexity index is 646. The Morgan fingerprint density at radius 2 is 2.00 bits per heavy atom. The van der Waals surface area contributed by atoms with Gasteiger partial charge in [-0.05, 0) is 44.9 Å². The fourth-order valence-electron chi connectivity index (χ4n) is 1.96. The molecule has 0 radical (unpaired) electrons. The lowest BCUT2D eigenvalue weighted by Crippen LogP contribution is -3.09. The largest absolute Gasteiger partial charge is 0.326 e. The predicted molar refractivity (Wildman–Crippen MR) is 89.5 cm³/mol.